The van der Waals surface area contributed by atoms with E-state index in [-0.39, 0.29) is 27.5 Å². The Hall–Kier alpha value is -0.350. The van der Waals surface area contributed by atoms with E-state index in [0.717, 1.165) is 5.75 Å². The Bertz CT molecular complexity index is 258. The average molecular weight is 364 g/mol. The maximum Gasteiger partial charge on any atom is 1.00 e. The number of hydrogen-bond acceptors (Lipinski definition) is 3. The molecule has 0 aromatic heterocycles. The third kappa shape index (κ3) is 2.95. The van der Waals surface area contributed by atoms with E-state index >= 15 is 0 Å². The number of carbonyl (C=O) groups excluding carboxylic acids is 1. The van der Waals surface area contributed by atoms with Crippen molar-refractivity contribution in [2.75, 3.05) is 7.11 Å². The molecule has 68 valence electrons. The van der Waals surface area contributed by atoms with Gasteiger partial charge in [-0.15, -0.1) is 0 Å². The van der Waals surface area contributed by atoms with Gasteiger partial charge in [0.05, 0.1) is 7.11 Å². The van der Waals surface area contributed by atoms with Gasteiger partial charge in [0.15, 0.2) is 0 Å². The van der Waals surface area contributed by atoms with Crippen molar-refractivity contribution in [3.05, 3.63) is 29.8 Å². The van der Waals surface area contributed by atoms with E-state index in [9.17, 15) is 4.79 Å². The molecule has 0 radical (unpaired) electrons. The predicted octanol–water partition coefficient (Wildman–Crippen LogP) is 1.38. The number of benzene rings is 1. The second kappa shape index (κ2) is 5.32. The molecule has 0 spiro atoms. The fourth-order valence-corrected chi connectivity index (χ4v) is 0.863. The molecule has 0 heterocycles. The topological polar surface area (TPSA) is 26.3 Å². The second-order valence-electron chi connectivity index (χ2n) is 2.02. The molecule has 4 heteroatoms. The standard InChI is InChI=1S/C8H8O2S.Au/c1-10-7-4-2-6(3-5-7)8(9)11;/h2-5H,1H3,(H,9,11);/q;+1/p-1. The molecule has 1 aromatic carbocycles. The van der Waals surface area contributed by atoms with Gasteiger partial charge in [-0.2, -0.15) is 0 Å². The van der Waals surface area contributed by atoms with Crippen LogP contribution in [0.15, 0.2) is 24.3 Å². The van der Waals surface area contributed by atoms with Crippen molar-refractivity contribution in [3.63, 3.8) is 0 Å². The Morgan fingerprint density at radius 1 is 1.33 bits per heavy atom. The van der Waals surface area contributed by atoms with Gasteiger partial charge in [-0.05, 0) is 29.8 Å². The molecule has 2 nitrogen and oxygen atoms in total. The van der Waals surface area contributed by atoms with E-state index in [1.54, 1.807) is 31.4 Å². The SMILES string of the molecule is COc1ccc(C(=O)[S-])cc1.[Au+]. The van der Waals surface area contributed by atoms with E-state index in [1.807, 2.05) is 0 Å². The first-order valence-electron chi connectivity index (χ1n) is 3.09. The second-order valence-corrected chi connectivity index (χ2v) is 2.39. The fraction of sp³-hybridized carbons (Fsp3) is 0.125. The molecular weight excluding hydrogens is 357 g/mol. The van der Waals surface area contributed by atoms with Crippen LogP contribution in [0.2, 0.25) is 0 Å². The summed E-state index contributed by atoms with van der Waals surface area (Å²) in [4.78, 5) is 10.6. The van der Waals surface area contributed by atoms with Crippen LogP contribution in [0.1, 0.15) is 10.4 Å². The predicted molar refractivity (Wildman–Crippen MR) is 44.7 cm³/mol. The molecule has 1 aromatic rings. The summed E-state index contributed by atoms with van der Waals surface area (Å²) in [6.07, 6.45) is 0. The minimum absolute atomic E-state index is 0. The van der Waals surface area contributed by atoms with Crippen LogP contribution < -0.4 is 4.74 Å². The number of methoxy groups -OCH3 is 1. The molecule has 12 heavy (non-hydrogen) atoms. The van der Waals surface area contributed by atoms with Crippen molar-refractivity contribution in [2.24, 2.45) is 0 Å². The minimum atomic E-state index is -0.340. The van der Waals surface area contributed by atoms with Crippen LogP contribution in [0.3, 0.4) is 0 Å². The molecule has 0 aliphatic heterocycles. The van der Waals surface area contributed by atoms with Gasteiger partial charge in [0.25, 0.3) is 0 Å². The van der Waals surface area contributed by atoms with Crippen LogP contribution >= 0.6 is 0 Å². The summed E-state index contributed by atoms with van der Waals surface area (Å²) < 4.78 is 4.90. The summed E-state index contributed by atoms with van der Waals surface area (Å²) in [5.74, 6) is 0.727. The first-order chi connectivity index (χ1) is 5.24. The summed E-state index contributed by atoms with van der Waals surface area (Å²) >= 11 is 4.45. The van der Waals surface area contributed by atoms with Gasteiger partial charge in [0.2, 0.25) is 0 Å². The molecule has 0 N–H and O–H groups in total. The number of carbonyl (C=O) groups is 1. The van der Waals surface area contributed by atoms with Gasteiger partial charge in [0, 0.05) is 5.12 Å². The molecule has 0 saturated heterocycles. The number of rotatable bonds is 2. The van der Waals surface area contributed by atoms with Gasteiger partial charge in [-0.1, -0.05) is 0 Å². The summed E-state index contributed by atoms with van der Waals surface area (Å²) in [5.41, 5.74) is 0.529. The smallest absolute Gasteiger partial charge is 0.737 e. The van der Waals surface area contributed by atoms with Crippen LogP contribution in [0.5, 0.6) is 5.75 Å². The summed E-state index contributed by atoms with van der Waals surface area (Å²) in [6.45, 7) is 0. The van der Waals surface area contributed by atoms with Crippen LogP contribution in [0, 0.1) is 0 Å². The van der Waals surface area contributed by atoms with Gasteiger partial charge < -0.3 is 22.2 Å². The van der Waals surface area contributed by atoms with Gasteiger partial charge in [-0.25, -0.2) is 0 Å². The summed E-state index contributed by atoms with van der Waals surface area (Å²) in [5, 5.41) is -0.340. The van der Waals surface area contributed by atoms with Crippen molar-refractivity contribution in [1.29, 1.82) is 0 Å². The molecular formula is C8H7AuO2S. The normalized spacial score (nSPS) is 8.42. The maximum absolute atomic E-state index is 10.6. The quantitative estimate of drug-likeness (QED) is 0.586. The largest absolute Gasteiger partial charge is 1.00 e. The monoisotopic (exact) mass is 364 g/mol. The van der Waals surface area contributed by atoms with Gasteiger partial charge >= 0.3 is 22.4 Å². The van der Waals surface area contributed by atoms with E-state index in [1.165, 1.54) is 0 Å². The summed E-state index contributed by atoms with van der Waals surface area (Å²) in [7, 11) is 1.57. The van der Waals surface area contributed by atoms with Crippen molar-refractivity contribution >= 4 is 17.7 Å². The minimum Gasteiger partial charge on any atom is -0.737 e. The van der Waals surface area contributed by atoms with Crippen molar-refractivity contribution in [2.45, 2.75) is 0 Å². The Kier molecular flexibility index (Phi) is 5.17. The third-order valence-electron chi connectivity index (χ3n) is 1.33. The van der Waals surface area contributed by atoms with Crippen molar-refractivity contribution < 1.29 is 31.9 Å². The van der Waals surface area contributed by atoms with Crippen molar-refractivity contribution in [1.82, 2.24) is 0 Å². The zero-order valence-electron chi connectivity index (χ0n) is 6.34. The van der Waals surface area contributed by atoms with E-state index in [2.05, 4.69) is 12.6 Å². The molecule has 0 aliphatic carbocycles. The Balaban J connectivity index is 0.00000121. The Morgan fingerprint density at radius 2 is 1.83 bits per heavy atom. The van der Waals surface area contributed by atoms with E-state index < -0.39 is 0 Å². The molecule has 0 fully saturated rings. The molecule has 0 atom stereocenters. The molecule has 0 aliphatic rings. The van der Waals surface area contributed by atoms with Crippen molar-refractivity contribution in [3.8, 4) is 5.75 Å². The van der Waals surface area contributed by atoms with Gasteiger partial charge in [0.1, 0.15) is 5.75 Å². The number of hydrogen-bond donors (Lipinski definition) is 0. The zero-order valence-corrected chi connectivity index (χ0v) is 9.32. The zero-order chi connectivity index (χ0) is 8.27. The molecule has 0 unspecified atom stereocenters. The fourth-order valence-electron chi connectivity index (χ4n) is 0.727. The van der Waals surface area contributed by atoms with Gasteiger partial charge in [-0.3, -0.25) is 0 Å². The van der Waals surface area contributed by atoms with Crippen LogP contribution in [-0.2, 0) is 35.0 Å². The molecule has 1 rings (SSSR count). The van der Waals surface area contributed by atoms with E-state index in [0.29, 0.717) is 5.56 Å². The van der Waals surface area contributed by atoms with Crippen LogP contribution in [0.4, 0.5) is 0 Å². The van der Waals surface area contributed by atoms with E-state index in [4.69, 9.17) is 4.74 Å². The number of ether oxygens (including phenoxy) is 1. The Labute approximate surface area is 92.2 Å². The summed E-state index contributed by atoms with van der Waals surface area (Å²) in [6, 6.07) is 6.71. The van der Waals surface area contributed by atoms with Crippen LogP contribution in [-0.4, -0.2) is 12.2 Å². The first-order valence-corrected chi connectivity index (χ1v) is 3.50. The molecule has 0 bridgehead atoms. The molecule has 0 saturated carbocycles. The first kappa shape index (κ1) is 11.7. The van der Waals surface area contributed by atoms with Crippen LogP contribution in [0.25, 0.3) is 0 Å². The Morgan fingerprint density at radius 3 is 2.17 bits per heavy atom. The maximum atomic E-state index is 10.6. The molecule has 0 amide bonds. The third-order valence-corrected chi connectivity index (χ3v) is 1.56. The average Bonchev–Trinajstić information content (AvgIpc) is 2.05.